The van der Waals surface area contributed by atoms with Gasteiger partial charge in [-0.1, -0.05) is 6.92 Å². The van der Waals surface area contributed by atoms with E-state index in [9.17, 15) is 0 Å². The summed E-state index contributed by atoms with van der Waals surface area (Å²) in [5, 5.41) is 6.81. The van der Waals surface area contributed by atoms with E-state index in [0.717, 1.165) is 31.4 Å². The average Bonchev–Trinajstić information content (AvgIpc) is 3.16. The number of nitrogens with one attached hydrogen (secondary N) is 2. The molecule has 0 bridgehead atoms. The third-order valence-electron chi connectivity index (χ3n) is 4.23. The molecule has 0 saturated heterocycles. The van der Waals surface area contributed by atoms with Crippen molar-refractivity contribution in [1.82, 2.24) is 10.6 Å². The second kappa shape index (κ2) is 6.96. The summed E-state index contributed by atoms with van der Waals surface area (Å²) in [6, 6.07) is 0.504. The van der Waals surface area contributed by atoms with Gasteiger partial charge in [-0.2, -0.15) is 0 Å². The number of halogens is 1. The highest BCUT2D eigenvalue weighted by Gasteiger charge is 2.53. The molecule has 18 heavy (non-hydrogen) atoms. The average molecular weight is 365 g/mol. The Labute approximate surface area is 129 Å². The van der Waals surface area contributed by atoms with Crippen molar-refractivity contribution in [2.24, 2.45) is 16.3 Å². The van der Waals surface area contributed by atoms with E-state index in [1.54, 1.807) is 0 Å². The first-order valence-electron chi connectivity index (χ1n) is 7.25. The maximum atomic E-state index is 4.79. The lowest BCUT2D eigenvalue weighted by atomic mass is 10.0. The van der Waals surface area contributed by atoms with E-state index < -0.39 is 0 Å². The number of aliphatic imine (C=N–C) groups is 1. The Hall–Kier alpha value is 0. The third-order valence-corrected chi connectivity index (χ3v) is 4.23. The van der Waals surface area contributed by atoms with Crippen LogP contribution in [0.2, 0.25) is 0 Å². The molecule has 0 aromatic carbocycles. The van der Waals surface area contributed by atoms with Crippen LogP contribution in [0.5, 0.6) is 0 Å². The van der Waals surface area contributed by atoms with E-state index in [-0.39, 0.29) is 24.0 Å². The van der Waals surface area contributed by atoms with E-state index in [1.165, 1.54) is 25.7 Å². The summed E-state index contributed by atoms with van der Waals surface area (Å²) in [5.41, 5.74) is 0.609. The fourth-order valence-electron chi connectivity index (χ4n) is 2.44. The predicted molar refractivity (Wildman–Crippen MR) is 88.7 cm³/mol. The topological polar surface area (TPSA) is 36.4 Å². The second-order valence-corrected chi connectivity index (χ2v) is 5.79. The Morgan fingerprint density at radius 3 is 2.44 bits per heavy atom. The van der Waals surface area contributed by atoms with Crippen molar-refractivity contribution < 1.29 is 0 Å². The van der Waals surface area contributed by atoms with Crippen molar-refractivity contribution in [2.45, 2.75) is 58.9 Å². The van der Waals surface area contributed by atoms with Crippen LogP contribution in [0.4, 0.5) is 0 Å². The van der Waals surface area contributed by atoms with Crippen LogP contribution in [0.15, 0.2) is 4.99 Å². The molecule has 0 spiro atoms. The van der Waals surface area contributed by atoms with Crippen LogP contribution in [-0.4, -0.2) is 25.1 Å². The summed E-state index contributed by atoms with van der Waals surface area (Å²) in [4.78, 5) is 4.79. The Morgan fingerprint density at radius 1 is 1.33 bits per heavy atom. The molecule has 106 valence electrons. The van der Waals surface area contributed by atoms with Gasteiger partial charge in [-0.05, 0) is 57.3 Å². The quantitative estimate of drug-likeness (QED) is 0.431. The van der Waals surface area contributed by atoms with Gasteiger partial charge < -0.3 is 10.6 Å². The standard InChI is InChI=1S/C14H27N3.HI/c1-4-11(3)17-13(15-5-2)16-10-14(8-9-14)12-6-7-12;/h11-12H,4-10H2,1-3H3,(H2,15,16,17);1H. The number of nitrogens with zero attached hydrogens (tertiary/aromatic N) is 1. The lowest BCUT2D eigenvalue weighted by molar-refractivity contribution is 0.451. The Balaban J connectivity index is 0.00000162. The number of guanidine groups is 1. The molecule has 2 saturated carbocycles. The molecule has 2 aliphatic rings. The molecule has 2 fully saturated rings. The molecule has 0 aromatic heterocycles. The summed E-state index contributed by atoms with van der Waals surface area (Å²) in [5.74, 6) is 2.01. The van der Waals surface area contributed by atoms with Crippen LogP contribution >= 0.6 is 24.0 Å². The Bertz CT molecular complexity index is 283. The van der Waals surface area contributed by atoms with E-state index in [0.29, 0.717) is 11.5 Å². The Morgan fingerprint density at radius 2 is 2.00 bits per heavy atom. The molecule has 1 atom stereocenters. The van der Waals surface area contributed by atoms with Gasteiger partial charge in [0, 0.05) is 19.1 Å². The Kier molecular flexibility index (Phi) is 6.21. The SMILES string of the molecule is CCNC(=NCC1(C2CC2)CC1)NC(C)CC.I. The van der Waals surface area contributed by atoms with Crippen molar-refractivity contribution in [3.8, 4) is 0 Å². The van der Waals surface area contributed by atoms with Gasteiger partial charge in [-0.15, -0.1) is 24.0 Å². The van der Waals surface area contributed by atoms with Gasteiger partial charge in [0.25, 0.3) is 0 Å². The molecular weight excluding hydrogens is 337 g/mol. The van der Waals surface area contributed by atoms with Crippen LogP contribution < -0.4 is 10.6 Å². The van der Waals surface area contributed by atoms with Crippen LogP contribution in [-0.2, 0) is 0 Å². The second-order valence-electron chi connectivity index (χ2n) is 5.79. The third kappa shape index (κ3) is 4.28. The molecule has 4 heteroatoms. The summed E-state index contributed by atoms with van der Waals surface area (Å²) in [6.45, 7) is 8.51. The molecule has 0 aliphatic heterocycles. The van der Waals surface area contributed by atoms with E-state index in [4.69, 9.17) is 4.99 Å². The number of rotatable bonds is 6. The van der Waals surface area contributed by atoms with E-state index >= 15 is 0 Å². The van der Waals surface area contributed by atoms with Crippen LogP contribution in [0.3, 0.4) is 0 Å². The summed E-state index contributed by atoms with van der Waals surface area (Å²) >= 11 is 0. The first-order valence-corrected chi connectivity index (χ1v) is 7.25. The molecular formula is C14H28IN3. The molecule has 3 nitrogen and oxygen atoms in total. The molecule has 2 aliphatic carbocycles. The lowest BCUT2D eigenvalue weighted by Crippen LogP contribution is -2.42. The van der Waals surface area contributed by atoms with E-state index in [2.05, 4.69) is 31.4 Å². The van der Waals surface area contributed by atoms with Gasteiger partial charge in [0.05, 0.1) is 0 Å². The smallest absolute Gasteiger partial charge is 0.191 e. The molecule has 0 amide bonds. The minimum atomic E-state index is 0. The predicted octanol–water partition coefficient (Wildman–Crippen LogP) is 3.15. The minimum absolute atomic E-state index is 0. The summed E-state index contributed by atoms with van der Waals surface area (Å²) in [6.07, 6.45) is 6.85. The maximum absolute atomic E-state index is 4.79. The molecule has 1 unspecified atom stereocenters. The lowest BCUT2D eigenvalue weighted by Gasteiger charge is -2.18. The normalized spacial score (nSPS) is 22.9. The van der Waals surface area contributed by atoms with Gasteiger partial charge in [-0.25, -0.2) is 0 Å². The van der Waals surface area contributed by atoms with Gasteiger partial charge in [0.2, 0.25) is 0 Å². The summed E-state index contributed by atoms with van der Waals surface area (Å²) in [7, 11) is 0. The molecule has 0 radical (unpaired) electrons. The first-order chi connectivity index (χ1) is 8.20. The van der Waals surface area contributed by atoms with Crippen molar-refractivity contribution >= 4 is 29.9 Å². The highest BCUT2D eigenvalue weighted by molar-refractivity contribution is 14.0. The maximum Gasteiger partial charge on any atom is 0.191 e. The van der Waals surface area contributed by atoms with Gasteiger partial charge in [-0.3, -0.25) is 4.99 Å². The molecule has 0 heterocycles. The highest BCUT2D eigenvalue weighted by Crippen LogP contribution is 2.61. The summed E-state index contributed by atoms with van der Waals surface area (Å²) < 4.78 is 0. The number of hydrogen-bond acceptors (Lipinski definition) is 1. The molecule has 0 aromatic rings. The first kappa shape index (κ1) is 16.1. The largest absolute Gasteiger partial charge is 0.357 e. The van der Waals surface area contributed by atoms with Crippen molar-refractivity contribution in [3.63, 3.8) is 0 Å². The monoisotopic (exact) mass is 365 g/mol. The zero-order valence-electron chi connectivity index (χ0n) is 12.0. The molecule has 2 N–H and O–H groups in total. The minimum Gasteiger partial charge on any atom is -0.357 e. The van der Waals surface area contributed by atoms with Crippen molar-refractivity contribution in [2.75, 3.05) is 13.1 Å². The van der Waals surface area contributed by atoms with Gasteiger partial charge >= 0.3 is 0 Å². The fourth-order valence-corrected chi connectivity index (χ4v) is 2.44. The van der Waals surface area contributed by atoms with Gasteiger partial charge in [0.15, 0.2) is 5.96 Å². The number of hydrogen-bond donors (Lipinski definition) is 2. The van der Waals surface area contributed by atoms with Crippen LogP contribution in [0.1, 0.15) is 52.9 Å². The molecule has 2 rings (SSSR count). The fraction of sp³-hybridized carbons (Fsp3) is 0.929. The zero-order chi connectivity index (χ0) is 12.3. The zero-order valence-corrected chi connectivity index (χ0v) is 14.3. The highest BCUT2D eigenvalue weighted by atomic mass is 127. The van der Waals surface area contributed by atoms with Gasteiger partial charge in [0.1, 0.15) is 0 Å². The van der Waals surface area contributed by atoms with E-state index in [1.807, 2.05) is 0 Å². The van der Waals surface area contributed by atoms with Crippen molar-refractivity contribution in [3.05, 3.63) is 0 Å². The van der Waals surface area contributed by atoms with Crippen LogP contribution in [0.25, 0.3) is 0 Å². The van der Waals surface area contributed by atoms with Crippen molar-refractivity contribution in [1.29, 1.82) is 0 Å². The van der Waals surface area contributed by atoms with Crippen LogP contribution in [0, 0.1) is 11.3 Å².